The molecule has 1 aliphatic heterocycles. The van der Waals surface area contributed by atoms with Crippen LogP contribution in [0.1, 0.15) is 12.3 Å². The van der Waals surface area contributed by atoms with E-state index in [1.165, 1.54) is 0 Å². The summed E-state index contributed by atoms with van der Waals surface area (Å²) in [6, 6.07) is 9.80. The molecule has 30 heavy (non-hydrogen) atoms. The maximum absolute atomic E-state index is 6.10. The second-order valence-corrected chi connectivity index (χ2v) is 8.66. The quantitative estimate of drug-likeness (QED) is 0.446. The van der Waals surface area contributed by atoms with Crippen molar-refractivity contribution >= 4 is 39.7 Å². The standard InChI is InChI=1S/C21H21ClN6OS/c22-15-5-6-16-17(13-15)23-14-24-21(16)28-10-8-27(9-11-28)7-1-4-19-25-20(26-29-19)18-3-2-12-30-18/h2-3,5-6,12-14H,1,4,7-11H2. The molecule has 0 unspecified atom stereocenters. The van der Waals surface area contributed by atoms with Crippen molar-refractivity contribution in [1.82, 2.24) is 25.0 Å². The molecule has 1 aromatic carbocycles. The van der Waals surface area contributed by atoms with Crippen LogP contribution in [0.3, 0.4) is 0 Å². The average Bonchev–Trinajstić information content (AvgIpc) is 3.46. The first-order valence-electron chi connectivity index (χ1n) is 10.0. The molecule has 0 aliphatic carbocycles. The zero-order chi connectivity index (χ0) is 20.3. The number of thiophene rings is 1. The number of rotatable bonds is 6. The smallest absolute Gasteiger partial charge is 0.227 e. The molecule has 154 valence electrons. The lowest BCUT2D eigenvalue weighted by molar-refractivity contribution is 0.250. The van der Waals surface area contributed by atoms with E-state index in [1.807, 2.05) is 35.7 Å². The Morgan fingerprint density at radius 1 is 1.10 bits per heavy atom. The minimum Gasteiger partial charge on any atom is -0.353 e. The number of aryl methyl sites for hydroxylation is 1. The zero-order valence-electron chi connectivity index (χ0n) is 16.4. The van der Waals surface area contributed by atoms with Gasteiger partial charge in [-0.25, -0.2) is 9.97 Å². The Hall–Kier alpha value is -2.55. The van der Waals surface area contributed by atoms with Crippen molar-refractivity contribution < 1.29 is 4.52 Å². The number of piperazine rings is 1. The van der Waals surface area contributed by atoms with Gasteiger partial charge in [-0.15, -0.1) is 11.3 Å². The predicted octanol–water partition coefficient (Wildman–Crippen LogP) is 4.15. The number of fused-ring (bicyclic) bond motifs is 1. The van der Waals surface area contributed by atoms with Crippen LogP contribution in [0, 0.1) is 0 Å². The number of benzene rings is 1. The third-order valence-corrected chi connectivity index (χ3v) is 6.42. The van der Waals surface area contributed by atoms with Crippen LogP contribution in [0.25, 0.3) is 21.6 Å². The zero-order valence-corrected chi connectivity index (χ0v) is 17.9. The summed E-state index contributed by atoms with van der Waals surface area (Å²) in [4.78, 5) is 19.2. The van der Waals surface area contributed by atoms with Gasteiger partial charge in [-0.3, -0.25) is 4.90 Å². The minimum absolute atomic E-state index is 0.687. The summed E-state index contributed by atoms with van der Waals surface area (Å²) >= 11 is 7.72. The van der Waals surface area contributed by atoms with Gasteiger partial charge in [-0.1, -0.05) is 22.8 Å². The van der Waals surface area contributed by atoms with Crippen LogP contribution in [0.2, 0.25) is 5.02 Å². The number of nitrogens with zero attached hydrogens (tertiary/aromatic N) is 6. The number of hydrogen-bond donors (Lipinski definition) is 0. The molecular weight excluding hydrogens is 420 g/mol. The van der Waals surface area contributed by atoms with Gasteiger partial charge in [0.05, 0.1) is 10.4 Å². The second-order valence-electron chi connectivity index (χ2n) is 7.28. The highest BCUT2D eigenvalue weighted by Crippen LogP contribution is 2.26. The van der Waals surface area contributed by atoms with Gasteiger partial charge in [-0.05, 0) is 42.6 Å². The number of hydrogen-bond acceptors (Lipinski definition) is 8. The lowest BCUT2D eigenvalue weighted by Crippen LogP contribution is -2.47. The molecule has 5 rings (SSSR count). The van der Waals surface area contributed by atoms with Crippen LogP contribution < -0.4 is 4.90 Å². The highest BCUT2D eigenvalue weighted by Gasteiger charge is 2.20. The molecule has 0 spiro atoms. The Labute approximate surface area is 183 Å². The number of anilines is 1. The Bertz CT molecular complexity index is 1120. The molecule has 0 atom stereocenters. The molecule has 9 heteroatoms. The molecule has 1 saturated heterocycles. The van der Waals surface area contributed by atoms with Crippen LogP contribution in [-0.4, -0.2) is 57.7 Å². The van der Waals surface area contributed by atoms with Crippen LogP contribution in [-0.2, 0) is 6.42 Å². The summed E-state index contributed by atoms with van der Waals surface area (Å²) in [5.74, 6) is 2.39. The molecule has 3 aromatic heterocycles. The minimum atomic E-state index is 0.687. The lowest BCUT2D eigenvalue weighted by Gasteiger charge is -2.35. The molecule has 0 saturated carbocycles. The molecule has 0 amide bonds. The topological polar surface area (TPSA) is 71.2 Å². The van der Waals surface area contributed by atoms with Crippen molar-refractivity contribution in [2.45, 2.75) is 12.8 Å². The first kappa shape index (κ1) is 19.4. The van der Waals surface area contributed by atoms with E-state index in [2.05, 4.69) is 29.9 Å². The Morgan fingerprint density at radius 2 is 2.00 bits per heavy atom. The largest absolute Gasteiger partial charge is 0.353 e. The van der Waals surface area contributed by atoms with Crippen LogP contribution in [0.15, 0.2) is 46.6 Å². The molecule has 4 aromatic rings. The summed E-state index contributed by atoms with van der Waals surface area (Å²) in [5.41, 5.74) is 0.886. The van der Waals surface area contributed by atoms with Crippen LogP contribution in [0.4, 0.5) is 5.82 Å². The summed E-state index contributed by atoms with van der Waals surface area (Å²) in [6.45, 7) is 4.91. The first-order valence-corrected chi connectivity index (χ1v) is 11.3. The SMILES string of the molecule is Clc1ccc2c(N3CCN(CCCc4nc(-c5cccs5)no4)CC3)ncnc2c1. The van der Waals surface area contributed by atoms with E-state index < -0.39 is 0 Å². The fourth-order valence-corrected chi connectivity index (χ4v) is 4.58. The van der Waals surface area contributed by atoms with Gasteiger partial charge < -0.3 is 9.42 Å². The Kier molecular flexibility index (Phi) is 5.61. The molecule has 0 bridgehead atoms. The highest BCUT2D eigenvalue weighted by atomic mass is 35.5. The predicted molar refractivity (Wildman–Crippen MR) is 119 cm³/mol. The molecule has 0 N–H and O–H groups in total. The monoisotopic (exact) mass is 440 g/mol. The first-order chi connectivity index (χ1) is 14.8. The van der Waals surface area contributed by atoms with Crippen LogP contribution >= 0.6 is 22.9 Å². The van der Waals surface area contributed by atoms with E-state index in [4.69, 9.17) is 16.1 Å². The summed E-state index contributed by atoms with van der Waals surface area (Å²) in [7, 11) is 0. The molecule has 1 aliphatic rings. The van der Waals surface area contributed by atoms with Gasteiger partial charge in [0.25, 0.3) is 0 Å². The van der Waals surface area contributed by atoms with Gasteiger partial charge in [0.15, 0.2) is 0 Å². The highest BCUT2D eigenvalue weighted by molar-refractivity contribution is 7.13. The summed E-state index contributed by atoms with van der Waals surface area (Å²) in [6.07, 6.45) is 3.42. The van der Waals surface area contributed by atoms with Gasteiger partial charge in [0.2, 0.25) is 11.7 Å². The third kappa shape index (κ3) is 4.16. The van der Waals surface area contributed by atoms with Crippen molar-refractivity contribution in [2.75, 3.05) is 37.6 Å². The average molecular weight is 441 g/mol. The summed E-state index contributed by atoms with van der Waals surface area (Å²) < 4.78 is 5.40. The van der Waals surface area contributed by atoms with E-state index in [0.29, 0.717) is 16.7 Å². The van der Waals surface area contributed by atoms with Crippen molar-refractivity contribution in [3.63, 3.8) is 0 Å². The maximum atomic E-state index is 6.10. The number of halogens is 1. The fourth-order valence-electron chi connectivity index (χ4n) is 3.77. The molecule has 0 radical (unpaired) electrons. The van der Waals surface area contributed by atoms with Gasteiger partial charge >= 0.3 is 0 Å². The van der Waals surface area contributed by atoms with Crippen LogP contribution in [0.5, 0.6) is 0 Å². The molecule has 4 heterocycles. The van der Waals surface area contributed by atoms with Gasteiger partial charge in [-0.2, -0.15) is 4.98 Å². The van der Waals surface area contributed by atoms with E-state index >= 15 is 0 Å². The van der Waals surface area contributed by atoms with Crippen molar-refractivity contribution in [1.29, 1.82) is 0 Å². The van der Waals surface area contributed by atoms with Crippen molar-refractivity contribution in [2.24, 2.45) is 0 Å². The molecular formula is C21H21ClN6OS. The Balaban J connectivity index is 1.14. The second kappa shape index (κ2) is 8.67. The molecule has 7 nitrogen and oxygen atoms in total. The Morgan fingerprint density at radius 3 is 2.83 bits per heavy atom. The van der Waals surface area contributed by atoms with E-state index in [1.54, 1.807) is 17.7 Å². The van der Waals surface area contributed by atoms with Gasteiger partial charge in [0.1, 0.15) is 12.1 Å². The fraction of sp³-hybridized carbons (Fsp3) is 0.333. The third-order valence-electron chi connectivity index (χ3n) is 5.32. The van der Waals surface area contributed by atoms with E-state index in [-0.39, 0.29) is 0 Å². The van der Waals surface area contributed by atoms with Gasteiger partial charge in [0, 0.05) is 43.0 Å². The van der Waals surface area contributed by atoms with E-state index in [9.17, 15) is 0 Å². The maximum Gasteiger partial charge on any atom is 0.227 e. The summed E-state index contributed by atoms with van der Waals surface area (Å²) in [5, 5.41) is 7.84. The van der Waals surface area contributed by atoms with Crippen molar-refractivity contribution in [3.8, 4) is 10.7 Å². The normalized spacial score (nSPS) is 15.2. The van der Waals surface area contributed by atoms with Crippen molar-refractivity contribution in [3.05, 3.63) is 53.0 Å². The lowest BCUT2D eigenvalue weighted by atomic mass is 10.2. The number of aromatic nitrogens is 4. The van der Waals surface area contributed by atoms with E-state index in [0.717, 1.165) is 67.2 Å². The molecule has 1 fully saturated rings.